The van der Waals surface area contributed by atoms with Gasteiger partial charge in [0.25, 0.3) is 0 Å². The van der Waals surface area contributed by atoms with Crippen molar-refractivity contribution in [3.8, 4) is 0 Å². The first-order valence-electron chi connectivity index (χ1n) is 7.43. The van der Waals surface area contributed by atoms with Crippen molar-refractivity contribution in [2.24, 2.45) is 5.41 Å². The summed E-state index contributed by atoms with van der Waals surface area (Å²) in [5.41, 5.74) is 3.07. The van der Waals surface area contributed by atoms with E-state index >= 15 is 0 Å². The van der Waals surface area contributed by atoms with Crippen molar-refractivity contribution in [3.05, 3.63) is 23.4 Å². The van der Waals surface area contributed by atoms with Gasteiger partial charge in [-0.3, -0.25) is 0 Å². The van der Waals surface area contributed by atoms with E-state index in [1.165, 1.54) is 29.8 Å². The van der Waals surface area contributed by atoms with Gasteiger partial charge in [-0.25, -0.2) is 4.98 Å². The molecular formula is C16H27N3. The Morgan fingerprint density at radius 1 is 1.32 bits per heavy atom. The van der Waals surface area contributed by atoms with E-state index in [9.17, 15) is 0 Å². The molecule has 2 heterocycles. The molecular weight excluding hydrogens is 234 g/mol. The summed E-state index contributed by atoms with van der Waals surface area (Å²) in [4.78, 5) is 7.13. The molecule has 0 aromatic carbocycles. The Bertz CT molecular complexity index is 416. The fraction of sp³-hybridized carbons (Fsp3) is 0.688. The molecule has 1 saturated heterocycles. The van der Waals surface area contributed by atoms with E-state index < -0.39 is 0 Å². The Morgan fingerprint density at radius 3 is 2.58 bits per heavy atom. The molecule has 0 saturated carbocycles. The Kier molecular flexibility index (Phi) is 4.46. The highest BCUT2D eigenvalue weighted by atomic mass is 15.2. The number of aromatic nitrogens is 1. The highest BCUT2D eigenvalue weighted by Gasteiger charge is 2.26. The lowest BCUT2D eigenvalue weighted by Crippen LogP contribution is -2.38. The van der Waals surface area contributed by atoms with Crippen molar-refractivity contribution in [1.82, 2.24) is 10.3 Å². The van der Waals surface area contributed by atoms with Crippen LogP contribution in [-0.2, 0) is 6.54 Å². The van der Waals surface area contributed by atoms with Crippen molar-refractivity contribution in [3.63, 3.8) is 0 Å². The minimum atomic E-state index is 0.495. The highest BCUT2D eigenvalue weighted by molar-refractivity contribution is 5.47. The van der Waals surface area contributed by atoms with Crippen molar-refractivity contribution in [2.45, 2.75) is 47.1 Å². The lowest BCUT2D eigenvalue weighted by atomic mass is 9.82. The third kappa shape index (κ3) is 3.69. The summed E-state index contributed by atoms with van der Waals surface area (Å²) in [5.74, 6) is 1.18. The lowest BCUT2D eigenvalue weighted by Gasteiger charge is -2.38. The Balaban J connectivity index is 2.05. The number of anilines is 1. The number of rotatable bonds is 4. The topological polar surface area (TPSA) is 28.2 Å². The first kappa shape index (κ1) is 14.3. The Hall–Kier alpha value is -1.09. The SMILES string of the molecule is CCNCc1cnc(N2CCC(C)(C)CC2)c(C)c1. The van der Waals surface area contributed by atoms with Crippen LogP contribution in [0.3, 0.4) is 0 Å². The van der Waals surface area contributed by atoms with Gasteiger partial charge in [-0.05, 0) is 48.9 Å². The van der Waals surface area contributed by atoms with Gasteiger partial charge in [0.05, 0.1) is 0 Å². The third-order valence-electron chi connectivity index (χ3n) is 4.10. The predicted octanol–water partition coefficient (Wildman–Crippen LogP) is 3.13. The molecule has 106 valence electrons. The Morgan fingerprint density at radius 2 is 2.00 bits per heavy atom. The van der Waals surface area contributed by atoms with Crippen molar-refractivity contribution in [2.75, 3.05) is 24.5 Å². The fourth-order valence-corrected chi connectivity index (χ4v) is 2.65. The van der Waals surface area contributed by atoms with Crippen LogP contribution in [0.25, 0.3) is 0 Å². The molecule has 19 heavy (non-hydrogen) atoms. The van der Waals surface area contributed by atoms with Crippen LogP contribution in [0.1, 0.15) is 44.7 Å². The first-order chi connectivity index (χ1) is 9.02. The maximum atomic E-state index is 4.69. The molecule has 0 spiro atoms. The van der Waals surface area contributed by atoms with E-state index in [0.717, 1.165) is 26.2 Å². The second kappa shape index (κ2) is 5.91. The molecule has 0 bridgehead atoms. The maximum Gasteiger partial charge on any atom is 0.131 e. The fourth-order valence-electron chi connectivity index (χ4n) is 2.65. The Labute approximate surface area is 117 Å². The van der Waals surface area contributed by atoms with Gasteiger partial charge in [0, 0.05) is 25.8 Å². The summed E-state index contributed by atoms with van der Waals surface area (Å²) in [6.07, 6.45) is 4.53. The zero-order chi connectivity index (χ0) is 13.9. The van der Waals surface area contributed by atoms with Crippen LogP contribution >= 0.6 is 0 Å². The largest absolute Gasteiger partial charge is 0.356 e. The number of piperidine rings is 1. The van der Waals surface area contributed by atoms with Crippen LogP contribution in [0.4, 0.5) is 5.82 Å². The van der Waals surface area contributed by atoms with Gasteiger partial charge < -0.3 is 10.2 Å². The summed E-state index contributed by atoms with van der Waals surface area (Å²) < 4.78 is 0. The number of aryl methyl sites for hydroxylation is 1. The monoisotopic (exact) mass is 261 g/mol. The average molecular weight is 261 g/mol. The van der Waals surface area contributed by atoms with Gasteiger partial charge in [-0.15, -0.1) is 0 Å². The second-order valence-corrected chi connectivity index (χ2v) is 6.42. The quantitative estimate of drug-likeness (QED) is 0.902. The van der Waals surface area contributed by atoms with Crippen molar-refractivity contribution < 1.29 is 0 Å². The minimum absolute atomic E-state index is 0.495. The molecule has 1 aromatic rings. The number of nitrogens with one attached hydrogen (secondary N) is 1. The van der Waals surface area contributed by atoms with Crippen LogP contribution in [0.5, 0.6) is 0 Å². The molecule has 3 heteroatoms. The van der Waals surface area contributed by atoms with Crippen LogP contribution in [0, 0.1) is 12.3 Å². The molecule has 0 unspecified atom stereocenters. The highest BCUT2D eigenvalue weighted by Crippen LogP contribution is 2.32. The molecule has 2 rings (SSSR count). The number of pyridine rings is 1. The smallest absolute Gasteiger partial charge is 0.131 e. The lowest BCUT2D eigenvalue weighted by molar-refractivity contribution is 0.279. The van der Waals surface area contributed by atoms with Crippen molar-refractivity contribution >= 4 is 5.82 Å². The molecule has 0 aliphatic carbocycles. The van der Waals surface area contributed by atoms with Gasteiger partial charge in [0.2, 0.25) is 0 Å². The zero-order valence-electron chi connectivity index (χ0n) is 12.8. The third-order valence-corrected chi connectivity index (χ3v) is 4.10. The summed E-state index contributed by atoms with van der Waals surface area (Å²) in [6, 6.07) is 2.27. The van der Waals surface area contributed by atoms with E-state index in [2.05, 4.69) is 49.0 Å². The molecule has 1 aliphatic heterocycles. The summed E-state index contributed by atoms with van der Waals surface area (Å²) in [7, 11) is 0. The van der Waals surface area contributed by atoms with Gasteiger partial charge in [-0.1, -0.05) is 20.8 Å². The summed E-state index contributed by atoms with van der Waals surface area (Å²) >= 11 is 0. The van der Waals surface area contributed by atoms with Crippen LogP contribution in [0.15, 0.2) is 12.3 Å². The number of hydrogen-bond acceptors (Lipinski definition) is 3. The molecule has 1 fully saturated rings. The standard InChI is InChI=1S/C16H27N3/c1-5-17-11-14-10-13(2)15(18-12-14)19-8-6-16(3,4)7-9-19/h10,12,17H,5-9,11H2,1-4H3. The normalized spacial score (nSPS) is 18.6. The summed E-state index contributed by atoms with van der Waals surface area (Å²) in [6.45, 7) is 13.2. The van der Waals surface area contributed by atoms with E-state index in [1.54, 1.807) is 0 Å². The van der Waals surface area contributed by atoms with Gasteiger partial charge in [0.15, 0.2) is 0 Å². The molecule has 1 aliphatic rings. The molecule has 1 N–H and O–H groups in total. The number of hydrogen-bond donors (Lipinski definition) is 1. The van der Waals surface area contributed by atoms with Gasteiger partial charge in [0.1, 0.15) is 5.82 Å². The summed E-state index contributed by atoms with van der Waals surface area (Å²) in [5, 5.41) is 3.35. The van der Waals surface area contributed by atoms with E-state index in [4.69, 9.17) is 0 Å². The van der Waals surface area contributed by atoms with Crippen LogP contribution < -0.4 is 10.2 Å². The van der Waals surface area contributed by atoms with Crippen molar-refractivity contribution in [1.29, 1.82) is 0 Å². The average Bonchev–Trinajstić information content (AvgIpc) is 2.37. The van der Waals surface area contributed by atoms with E-state index in [1.807, 2.05) is 6.20 Å². The van der Waals surface area contributed by atoms with E-state index in [0.29, 0.717) is 5.41 Å². The minimum Gasteiger partial charge on any atom is -0.356 e. The molecule has 1 aromatic heterocycles. The van der Waals surface area contributed by atoms with Crippen LogP contribution in [-0.4, -0.2) is 24.6 Å². The molecule has 0 radical (unpaired) electrons. The second-order valence-electron chi connectivity index (χ2n) is 6.42. The molecule has 3 nitrogen and oxygen atoms in total. The van der Waals surface area contributed by atoms with E-state index in [-0.39, 0.29) is 0 Å². The number of nitrogens with zero attached hydrogens (tertiary/aromatic N) is 2. The van der Waals surface area contributed by atoms with Crippen LogP contribution in [0.2, 0.25) is 0 Å². The first-order valence-corrected chi connectivity index (χ1v) is 7.43. The predicted molar refractivity (Wildman–Crippen MR) is 81.6 cm³/mol. The molecule has 0 amide bonds. The molecule has 0 atom stereocenters. The van der Waals surface area contributed by atoms with Gasteiger partial charge >= 0.3 is 0 Å². The van der Waals surface area contributed by atoms with Gasteiger partial charge in [-0.2, -0.15) is 0 Å². The maximum absolute atomic E-state index is 4.69. The zero-order valence-corrected chi connectivity index (χ0v) is 12.8.